The molecule has 0 aliphatic heterocycles. The first-order chi connectivity index (χ1) is 9.16. The van der Waals surface area contributed by atoms with Gasteiger partial charge in [0, 0.05) is 7.11 Å². The normalized spacial score (nSPS) is 19.4. The van der Waals surface area contributed by atoms with E-state index in [0.717, 1.165) is 18.4 Å². The average molecular weight is 284 g/mol. The molecule has 0 radical (unpaired) electrons. The van der Waals surface area contributed by atoms with Gasteiger partial charge in [-0.2, -0.15) is 0 Å². The molecule has 1 aromatic carbocycles. The van der Waals surface area contributed by atoms with Gasteiger partial charge in [0.15, 0.2) is 0 Å². The Kier molecular flexibility index (Phi) is 4.71. The van der Waals surface area contributed by atoms with Crippen LogP contribution in [0.15, 0.2) is 18.2 Å². The molecular weight excluding hydrogens is 262 g/mol. The van der Waals surface area contributed by atoms with Crippen molar-refractivity contribution in [2.24, 2.45) is 0 Å². The summed E-state index contributed by atoms with van der Waals surface area (Å²) in [7, 11) is 5.43. The summed E-state index contributed by atoms with van der Waals surface area (Å²) in [6.45, 7) is 0. The highest BCUT2D eigenvalue weighted by atomic mass is 35.5. The lowest BCUT2D eigenvalue weighted by molar-refractivity contribution is -0.0349. The minimum atomic E-state index is -0.117. The van der Waals surface area contributed by atoms with Crippen LogP contribution in [0.2, 0.25) is 5.02 Å². The quantitative estimate of drug-likeness (QED) is 0.896. The summed E-state index contributed by atoms with van der Waals surface area (Å²) in [6, 6.07) is 6.10. The van der Waals surface area contributed by atoms with Crippen LogP contribution < -0.4 is 10.1 Å². The van der Waals surface area contributed by atoms with E-state index in [4.69, 9.17) is 21.1 Å². The van der Waals surface area contributed by atoms with E-state index in [1.54, 1.807) is 7.11 Å². The van der Waals surface area contributed by atoms with E-state index in [0.29, 0.717) is 10.8 Å². The van der Waals surface area contributed by atoms with Crippen molar-refractivity contribution >= 4 is 11.6 Å². The highest BCUT2D eigenvalue weighted by Gasteiger charge is 2.41. The SMILES string of the molecule is CNC(c1ccc(Cl)c(OC)c1)C1(OC)CCCC1. The molecule has 19 heavy (non-hydrogen) atoms. The van der Waals surface area contributed by atoms with Crippen molar-refractivity contribution in [2.75, 3.05) is 21.3 Å². The minimum absolute atomic E-state index is 0.117. The molecule has 1 unspecified atom stereocenters. The lowest BCUT2D eigenvalue weighted by Gasteiger charge is -2.36. The number of ether oxygens (including phenoxy) is 2. The second-order valence-electron chi connectivity index (χ2n) is 5.09. The monoisotopic (exact) mass is 283 g/mol. The van der Waals surface area contributed by atoms with Gasteiger partial charge in [0.2, 0.25) is 0 Å². The van der Waals surface area contributed by atoms with Crippen molar-refractivity contribution in [3.63, 3.8) is 0 Å². The Bertz CT molecular complexity index is 430. The Hall–Kier alpha value is -0.770. The number of nitrogens with one attached hydrogen (secondary N) is 1. The molecule has 1 aromatic rings. The van der Waals surface area contributed by atoms with Crippen molar-refractivity contribution in [3.05, 3.63) is 28.8 Å². The van der Waals surface area contributed by atoms with E-state index < -0.39 is 0 Å². The van der Waals surface area contributed by atoms with Crippen molar-refractivity contribution in [1.82, 2.24) is 5.32 Å². The van der Waals surface area contributed by atoms with Gasteiger partial charge in [0.1, 0.15) is 5.75 Å². The van der Waals surface area contributed by atoms with Gasteiger partial charge in [-0.25, -0.2) is 0 Å². The zero-order valence-corrected chi connectivity index (χ0v) is 12.6. The fourth-order valence-electron chi connectivity index (χ4n) is 3.17. The van der Waals surface area contributed by atoms with E-state index in [9.17, 15) is 0 Å². The number of hydrogen-bond donors (Lipinski definition) is 1. The van der Waals surface area contributed by atoms with Gasteiger partial charge in [0.05, 0.1) is 23.8 Å². The number of methoxy groups -OCH3 is 2. The minimum Gasteiger partial charge on any atom is -0.495 e. The summed E-state index contributed by atoms with van der Waals surface area (Å²) in [4.78, 5) is 0. The summed E-state index contributed by atoms with van der Waals surface area (Å²) in [6.07, 6.45) is 4.60. The standard InChI is InChI=1S/C15H22ClNO2/c1-17-14(15(19-3)8-4-5-9-15)11-6-7-12(16)13(10-11)18-2/h6-7,10,14,17H,4-5,8-9H2,1-3H3. The molecule has 2 rings (SSSR count). The molecule has 0 amide bonds. The molecule has 4 heteroatoms. The van der Waals surface area contributed by atoms with E-state index in [-0.39, 0.29) is 11.6 Å². The molecule has 1 fully saturated rings. The van der Waals surface area contributed by atoms with Crippen LogP contribution in [0.3, 0.4) is 0 Å². The molecule has 3 nitrogen and oxygen atoms in total. The predicted octanol–water partition coefficient (Wildman–Crippen LogP) is 3.57. The zero-order chi connectivity index (χ0) is 13.9. The Balaban J connectivity index is 2.36. The third-order valence-electron chi connectivity index (χ3n) is 4.18. The Morgan fingerprint density at radius 3 is 2.47 bits per heavy atom. The molecule has 0 heterocycles. The summed E-state index contributed by atoms with van der Waals surface area (Å²) in [5.74, 6) is 0.712. The van der Waals surface area contributed by atoms with Gasteiger partial charge in [-0.05, 0) is 37.6 Å². The van der Waals surface area contributed by atoms with Crippen molar-refractivity contribution < 1.29 is 9.47 Å². The smallest absolute Gasteiger partial charge is 0.137 e. The summed E-state index contributed by atoms with van der Waals surface area (Å²) < 4.78 is 11.2. The molecule has 0 bridgehead atoms. The fraction of sp³-hybridized carbons (Fsp3) is 0.600. The third kappa shape index (κ3) is 2.73. The van der Waals surface area contributed by atoms with Crippen LogP contribution in [0, 0.1) is 0 Å². The Labute approximate surface area is 120 Å². The molecule has 106 valence electrons. The van der Waals surface area contributed by atoms with Crippen LogP contribution in [0.1, 0.15) is 37.3 Å². The van der Waals surface area contributed by atoms with Crippen LogP contribution in [-0.4, -0.2) is 26.9 Å². The van der Waals surface area contributed by atoms with Crippen molar-refractivity contribution in [3.8, 4) is 5.75 Å². The zero-order valence-electron chi connectivity index (χ0n) is 11.8. The lowest BCUT2D eigenvalue weighted by atomic mass is 9.86. The van der Waals surface area contributed by atoms with Crippen LogP contribution in [0.5, 0.6) is 5.75 Å². The molecule has 0 aromatic heterocycles. The van der Waals surface area contributed by atoms with Gasteiger partial charge in [-0.15, -0.1) is 0 Å². The molecule has 1 atom stereocenters. The van der Waals surface area contributed by atoms with Gasteiger partial charge >= 0.3 is 0 Å². The number of halogens is 1. The van der Waals surface area contributed by atoms with Crippen molar-refractivity contribution in [2.45, 2.75) is 37.3 Å². The topological polar surface area (TPSA) is 30.5 Å². The van der Waals surface area contributed by atoms with Crippen LogP contribution >= 0.6 is 11.6 Å². The van der Waals surface area contributed by atoms with E-state index in [1.165, 1.54) is 12.8 Å². The number of rotatable bonds is 5. The molecular formula is C15H22ClNO2. The molecule has 0 spiro atoms. The molecule has 0 saturated heterocycles. The van der Waals surface area contributed by atoms with Gasteiger partial charge in [-0.3, -0.25) is 0 Å². The lowest BCUT2D eigenvalue weighted by Crippen LogP contribution is -2.42. The number of likely N-dealkylation sites (N-methyl/N-ethyl adjacent to an activating group) is 1. The third-order valence-corrected chi connectivity index (χ3v) is 4.49. The second kappa shape index (κ2) is 6.12. The molecule has 1 saturated carbocycles. The molecule has 1 N–H and O–H groups in total. The van der Waals surface area contributed by atoms with Gasteiger partial charge in [-0.1, -0.05) is 30.5 Å². The first-order valence-corrected chi connectivity index (χ1v) is 7.10. The van der Waals surface area contributed by atoms with Crippen LogP contribution in [0.25, 0.3) is 0 Å². The molecule has 1 aliphatic carbocycles. The van der Waals surface area contributed by atoms with E-state index >= 15 is 0 Å². The van der Waals surface area contributed by atoms with Gasteiger partial charge in [0.25, 0.3) is 0 Å². The first kappa shape index (κ1) is 14.6. The summed E-state index contributed by atoms with van der Waals surface area (Å²) in [5.41, 5.74) is 1.04. The largest absolute Gasteiger partial charge is 0.495 e. The van der Waals surface area contributed by atoms with Crippen molar-refractivity contribution in [1.29, 1.82) is 0 Å². The first-order valence-electron chi connectivity index (χ1n) is 6.72. The maximum absolute atomic E-state index is 6.10. The predicted molar refractivity (Wildman–Crippen MR) is 78.0 cm³/mol. The van der Waals surface area contributed by atoms with Crippen LogP contribution in [-0.2, 0) is 4.74 Å². The molecule has 1 aliphatic rings. The maximum Gasteiger partial charge on any atom is 0.137 e. The number of hydrogen-bond acceptors (Lipinski definition) is 3. The highest BCUT2D eigenvalue weighted by molar-refractivity contribution is 6.32. The fourth-order valence-corrected chi connectivity index (χ4v) is 3.37. The van der Waals surface area contributed by atoms with E-state index in [2.05, 4.69) is 5.32 Å². The highest BCUT2D eigenvalue weighted by Crippen LogP contribution is 2.43. The second-order valence-corrected chi connectivity index (χ2v) is 5.50. The Morgan fingerprint density at radius 1 is 1.26 bits per heavy atom. The van der Waals surface area contributed by atoms with Crippen LogP contribution in [0.4, 0.5) is 0 Å². The Morgan fingerprint density at radius 2 is 1.95 bits per heavy atom. The van der Waals surface area contributed by atoms with Gasteiger partial charge < -0.3 is 14.8 Å². The van der Waals surface area contributed by atoms with E-state index in [1.807, 2.05) is 32.4 Å². The number of benzene rings is 1. The summed E-state index contributed by atoms with van der Waals surface area (Å²) in [5, 5.41) is 4.04. The average Bonchev–Trinajstić information content (AvgIpc) is 2.91. The maximum atomic E-state index is 6.10. The summed E-state index contributed by atoms with van der Waals surface area (Å²) >= 11 is 6.10.